The zero-order chi connectivity index (χ0) is 26.1. The normalized spacial score (nSPS) is 30.7. The number of imide groups is 1. The van der Waals surface area contributed by atoms with Gasteiger partial charge in [0.05, 0.1) is 23.3 Å². The van der Waals surface area contributed by atoms with Gasteiger partial charge in [-0.15, -0.1) is 11.8 Å². The topological polar surface area (TPSA) is 117 Å². The van der Waals surface area contributed by atoms with Crippen molar-refractivity contribution in [2.75, 3.05) is 6.54 Å². The zero-order valence-electron chi connectivity index (χ0n) is 20.1. The number of H-pyrrole nitrogens is 1. The summed E-state index contributed by atoms with van der Waals surface area (Å²) in [5.41, 5.74) is 1.02. The van der Waals surface area contributed by atoms with Crippen molar-refractivity contribution in [3.8, 4) is 11.5 Å². The van der Waals surface area contributed by atoms with Crippen LogP contribution in [0.2, 0.25) is 0 Å². The van der Waals surface area contributed by atoms with Gasteiger partial charge < -0.3 is 14.8 Å². The number of para-hydroxylation sites is 1. The molecule has 3 heterocycles. The summed E-state index contributed by atoms with van der Waals surface area (Å²) in [7, 11) is 0. The number of thioether (sulfide) groups is 1. The van der Waals surface area contributed by atoms with Crippen LogP contribution in [0.5, 0.6) is 11.5 Å². The Morgan fingerprint density at radius 3 is 2.50 bits per heavy atom. The summed E-state index contributed by atoms with van der Waals surface area (Å²) in [5.74, 6) is -0.925. The number of fused-ring (bicyclic) bond motifs is 9. The predicted octanol–water partition coefficient (Wildman–Crippen LogP) is 4.18. The molecule has 0 spiro atoms. The number of likely N-dealkylation sites (tertiary alicyclic amines) is 1. The molecule has 2 aliphatic heterocycles. The van der Waals surface area contributed by atoms with E-state index in [0.29, 0.717) is 5.75 Å². The number of carboxylic acids is 1. The van der Waals surface area contributed by atoms with Crippen LogP contribution >= 0.6 is 23.1 Å². The first-order valence-electron chi connectivity index (χ1n) is 12.7. The number of carbonyl (C=O) groups is 3. The molecule has 2 N–H and O–H groups in total. The second kappa shape index (κ2) is 8.84. The monoisotopic (exact) mass is 548 g/mol. The van der Waals surface area contributed by atoms with Gasteiger partial charge in [0, 0.05) is 22.6 Å². The van der Waals surface area contributed by atoms with E-state index in [-0.39, 0.29) is 58.6 Å². The van der Waals surface area contributed by atoms with Crippen molar-refractivity contribution in [2.24, 2.45) is 29.6 Å². The van der Waals surface area contributed by atoms with Gasteiger partial charge in [-0.2, -0.15) is 0 Å². The molecule has 3 aromatic rings. The average molecular weight is 549 g/mol. The summed E-state index contributed by atoms with van der Waals surface area (Å²) in [5, 5.41) is 10.1. The highest BCUT2D eigenvalue weighted by molar-refractivity contribution is 8.00. The number of nitrogens with one attached hydrogen (secondary N) is 1. The quantitative estimate of drug-likeness (QED) is 0.444. The molecule has 4 aliphatic rings. The minimum Gasteiger partial charge on any atom is -0.481 e. The van der Waals surface area contributed by atoms with E-state index in [1.807, 2.05) is 54.6 Å². The van der Waals surface area contributed by atoms with E-state index in [1.165, 1.54) is 16.2 Å². The van der Waals surface area contributed by atoms with Crippen LogP contribution in [0.25, 0.3) is 0 Å². The number of thiazole rings is 1. The molecule has 1 saturated heterocycles. The smallest absolute Gasteiger partial charge is 0.305 e. The number of hydrogen-bond acceptors (Lipinski definition) is 7. The van der Waals surface area contributed by atoms with Crippen molar-refractivity contribution in [1.82, 2.24) is 9.88 Å². The number of carboxylic acid groups (broad SMARTS) is 1. The third-order valence-corrected chi connectivity index (χ3v) is 11.1. The summed E-state index contributed by atoms with van der Waals surface area (Å²) in [4.78, 5) is 55.5. The Morgan fingerprint density at radius 2 is 1.74 bits per heavy atom. The van der Waals surface area contributed by atoms with E-state index in [2.05, 4.69) is 4.98 Å². The number of aromatic nitrogens is 1. The fourth-order valence-corrected chi connectivity index (χ4v) is 10.2. The van der Waals surface area contributed by atoms with Crippen LogP contribution in [0, 0.1) is 29.6 Å². The number of amides is 2. The van der Waals surface area contributed by atoms with Crippen LogP contribution in [0.15, 0.2) is 64.4 Å². The molecule has 1 aromatic heterocycles. The molecule has 2 bridgehead atoms. The molecule has 2 aromatic carbocycles. The van der Waals surface area contributed by atoms with Crippen LogP contribution in [0.4, 0.5) is 0 Å². The van der Waals surface area contributed by atoms with E-state index in [9.17, 15) is 19.2 Å². The molecular weight excluding hydrogens is 524 g/mol. The number of nitrogens with zero attached hydrogens (tertiary/aromatic N) is 1. The van der Waals surface area contributed by atoms with E-state index in [0.717, 1.165) is 27.6 Å². The predicted molar refractivity (Wildman–Crippen MR) is 140 cm³/mol. The Labute approximate surface area is 226 Å². The van der Waals surface area contributed by atoms with Crippen LogP contribution in [0.3, 0.4) is 0 Å². The molecule has 0 unspecified atom stereocenters. The number of aromatic amines is 1. The zero-order valence-corrected chi connectivity index (χ0v) is 21.7. The molecule has 2 aliphatic carbocycles. The maximum absolute atomic E-state index is 13.5. The summed E-state index contributed by atoms with van der Waals surface area (Å²) in [6, 6.07) is 17.5. The first kappa shape index (κ1) is 23.7. The Morgan fingerprint density at radius 1 is 1.00 bits per heavy atom. The second-order valence-corrected chi connectivity index (χ2v) is 12.6. The maximum atomic E-state index is 13.5. The molecule has 2 saturated carbocycles. The largest absolute Gasteiger partial charge is 0.481 e. The summed E-state index contributed by atoms with van der Waals surface area (Å²) < 4.78 is 6.11. The van der Waals surface area contributed by atoms with E-state index in [4.69, 9.17) is 9.84 Å². The lowest BCUT2D eigenvalue weighted by molar-refractivity contribution is -0.142. The average Bonchev–Trinajstić information content (AvgIpc) is 3.62. The van der Waals surface area contributed by atoms with Gasteiger partial charge in [-0.05, 0) is 54.0 Å². The van der Waals surface area contributed by atoms with Crippen molar-refractivity contribution in [1.29, 1.82) is 0 Å². The number of aliphatic carboxylic acids is 1. The van der Waals surface area contributed by atoms with Gasteiger partial charge in [0.25, 0.3) is 0 Å². The number of ether oxygens (including phenoxy) is 1. The third kappa shape index (κ3) is 3.57. The number of carbonyl (C=O) groups excluding carboxylic acids is 2. The summed E-state index contributed by atoms with van der Waals surface area (Å²) in [6.45, 7) is -0.0785. The van der Waals surface area contributed by atoms with Crippen LogP contribution in [0.1, 0.15) is 29.2 Å². The van der Waals surface area contributed by atoms with E-state index >= 15 is 0 Å². The Balaban J connectivity index is 1.27. The lowest BCUT2D eigenvalue weighted by atomic mass is 9.68. The minimum atomic E-state index is -1.03. The van der Waals surface area contributed by atoms with E-state index in [1.54, 1.807) is 11.8 Å². The Bertz CT molecular complexity index is 1520. The first-order valence-corrected chi connectivity index (χ1v) is 14.4. The molecule has 3 fully saturated rings. The van der Waals surface area contributed by atoms with Crippen molar-refractivity contribution in [3.05, 3.63) is 74.7 Å². The van der Waals surface area contributed by atoms with Crippen molar-refractivity contribution in [3.63, 3.8) is 0 Å². The Kier molecular flexibility index (Phi) is 5.52. The van der Waals surface area contributed by atoms with Gasteiger partial charge in [-0.3, -0.25) is 24.1 Å². The van der Waals surface area contributed by atoms with Gasteiger partial charge in [0.2, 0.25) is 11.8 Å². The van der Waals surface area contributed by atoms with Gasteiger partial charge in [-0.25, -0.2) is 0 Å². The molecule has 8 nitrogen and oxygen atoms in total. The first-order chi connectivity index (χ1) is 18.4. The van der Waals surface area contributed by atoms with Gasteiger partial charge in [-0.1, -0.05) is 41.7 Å². The minimum absolute atomic E-state index is 0.00841. The van der Waals surface area contributed by atoms with Crippen LogP contribution < -0.4 is 9.61 Å². The summed E-state index contributed by atoms with van der Waals surface area (Å²) in [6.07, 6.45) is 0.543. The van der Waals surface area contributed by atoms with Gasteiger partial charge >= 0.3 is 10.8 Å². The van der Waals surface area contributed by atoms with Crippen molar-refractivity contribution < 1.29 is 24.2 Å². The third-order valence-electron chi connectivity index (χ3n) is 8.56. The lowest BCUT2D eigenvalue weighted by Gasteiger charge is -2.43. The fraction of sp³-hybridized carbons (Fsp3) is 0.357. The second-order valence-electron chi connectivity index (χ2n) is 10.4. The number of hydrogen-bond donors (Lipinski definition) is 2. The van der Waals surface area contributed by atoms with Crippen LogP contribution in [-0.2, 0) is 14.4 Å². The molecule has 0 radical (unpaired) electrons. The molecule has 7 atom stereocenters. The van der Waals surface area contributed by atoms with Gasteiger partial charge in [0.15, 0.2) is 0 Å². The van der Waals surface area contributed by atoms with E-state index < -0.39 is 17.8 Å². The number of rotatable bonds is 6. The van der Waals surface area contributed by atoms with Crippen molar-refractivity contribution >= 4 is 40.9 Å². The molecule has 2 amide bonds. The highest BCUT2D eigenvalue weighted by Gasteiger charge is 2.69. The molecule has 10 heteroatoms. The van der Waals surface area contributed by atoms with Crippen molar-refractivity contribution in [2.45, 2.75) is 29.0 Å². The SMILES string of the molecule is O=C(O)CCN1C(=O)[C@@H]2[C@H]3C[C@@H]([C@@H]2C1=O)[C@H]1[C@@H](c2cccc(Oc4ccccc4)c2)c2sc(=O)[nH]c2S[C@@H]31. The molecule has 38 heavy (non-hydrogen) atoms. The standard InChI is InChI=1S/C28H24N2O6S2/c31-18(32)9-10-30-26(33)21-16-12-17(22(21)27(30)34)23-20(16)19(24-25(37-23)29-28(35)38-24)13-5-4-8-15(11-13)36-14-6-2-1-3-7-14/h1-8,11,16-17,19-23H,9-10,12H2,(H,29,35)(H,31,32)/t16-,17-,19-,20+,21+,22-,23+/m1/s1. The number of benzene rings is 2. The lowest BCUT2D eigenvalue weighted by Crippen LogP contribution is -2.42. The molecular formula is C28H24N2O6S2. The highest BCUT2D eigenvalue weighted by Crippen LogP contribution is 2.68. The maximum Gasteiger partial charge on any atom is 0.305 e. The Hall–Kier alpha value is -3.37. The summed E-state index contributed by atoms with van der Waals surface area (Å²) >= 11 is 2.85. The molecule has 194 valence electrons. The van der Waals surface area contributed by atoms with Crippen LogP contribution in [-0.4, -0.2) is 44.6 Å². The van der Waals surface area contributed by atoms with Gasteiger partial charge in [0.1, 0.15) is 11.5 Å². The fourth-order valence-electron chi connectivity index (χ4n) is 7.28. The molecule has 7 rings (SSSR count). The highest BCUT2D eigenvalue weighted by atomic mass is 32.2.